The van der Waals surface area contributed by atoms with Crippen LogP contribution in [-0.4, -0.2) is 54.6 Å². The summed E-state index contributed by atoms with van der Waals surface area (Å²) in [6.45, 7) is 5.21. The minimum Gasteiger partial charge on any atom is -0.376 e. The van der Waals surface area contributed by atoms with E-state index in [0.29, 0.717) is 11.4 Å². The second-order valence-electron chi connectivity index (χ2n) is 8.42. The standard InChI is InChI=1S/C21H28ClFN2O2/c22-19-12-17(23)4-3-16(19)13-24-9-7-21(8-10-24)6-5-20(26)25(15-21)14-18-2-1-11-27-18/h3-4,12,18H,1-2,5-11,13-15H2. The zero-order valence-electron chi connectivity index (χ0n) is 15.8. The van der Waals surface area contributed by atoms with Crippen molar-refractivity contribution in [1.29, 1.82) is 0 Å². The molecule has 0 radical (unpaired) electrons. The molecule has 1 atom stereocenters. The monoisotopic (exact) mass is 394 g/mol. The number of carbonyl (C=O) groups is 1. The first-order valence-electron chi connectivity index (χ1n) is 10.1. The molecule has 4 rings (SSSR count). The number of ether oxygens (including phenoxy) is 1. The highest BCUT2D eigenvalue weighted by Crippen LogP contribution is 2.41. The maximum atomic E-state index is 13.2. The van der Waals surface area contributed by atoms with Crippen molar-refractivity contribution >= 4 is 17.5 Å². The first-order valence-corrected chi connectivity index (χ1v) is 10.5. The van der Waals surface area contributed by atoms with Crippen molar-refractivity contribution in [3.63, 3.8) is 0 Å². The number of piperidine rings is 2. The Hall–Kier alpha value is -1.17. The Morgan fingerprint density at radius 2 is 2.07 bits per heavy atom. The summed E-state index contributed by atoms with van der Waals surface area (Å²) in [6.07, 6.45) is 6.27. The number of nitrogens with zero attached hydrogens (tertiary/aromatic N) is 2. The van der Waals surface area contributed by atoms with Crippen LogP contribution in [0.25, 0.3) is 0 Å². The van der Waals surface area contributed by atoms with Crippen LogP contribution in [0.4, 0.5) is 4.39 Å². The topological polar surface area (TPSA) is 32.8 Å². The van der Waals surface area contributed by atoms with Gasteiger partial charge in [0.25, 0.3) is 0 Å². The summed E-state index contributed by atoms with van der Waals surface area (Å²) in [5, 5.41) is 0.501. The van der Waals surface area contributed by atoms with Crippen LogP contribution < -0.4 is 0 Å². The second-order valence-corrected chi connectivity index (χ2v) is 8.83. The van der Waals surface area contributed by atoms with E-state index in [-0.39, 0.29) is 23.2 Å². The summed E-state index contributed by atoms with van der Waals surface area (Å²) in [4.78, 5) is 16.8. The van der Waals surface area contributed by atoms with Crippen molar-refractivity contribution in [1.82, 2.24) is 9.80 Å². The van der Waals surface area contributed by atoms with Gasteiger partial charge in [0.05, 0.1) is 6.10 Å². The highest BCUT2D eigenvalue weighted by atomic mass is 35.5. The lowest BCUT2D eigenvalue weighted by Crippen LogP contribution is -2.52. The van der Waals surface area contributed by atoms with Crippen LogP contribution in [0.5, 0.6) is 0 Å². The van der Waals surface area contributed by atoms with Crippen LogP contribution in [0.1, 0.15) is 44.1 Å². The molecular formula is C21H28ClFN2O2. The summed E-state index contributed by atoms with van der Waals surface area (Å²) >= 11 is 6.18. The van der Waals surface area contributed by atoms with Crippen LogP contribution in [-0.2, 0) is 16.1 Å². The third-order valence-electron chi connectivity index (χ3n) is 6.52. The zero-order valence-corrected chi connectivity index (χ0v) is 16.5. The van der Waals surface area contributed by atoms with Gasteiger partial charge in [0.15, 0.2) is 0 Å². The first kappa shape index (κ1) is 19.2. The van der Waals surface area contributed by atoms with E-state index in [9.17, 15) is 9.18 Å². The van der Waals surface area contributed by atoms with Gasteiger partial charge >= 0.3 is 0 Å². The van der Waals surface area contributed by atoms with Gasteiger partial charge in [0, 0.05) is 37.7 Å². The molecule has 0 aliphatic carbocycles. The highest BCUT2D eigenvalue weighted by molar-refractivity contribution is 6.31. The molecule has 3 saturated heterocycles. The molecule has 3 aliphatic heterocycles. The van der Waals surface area contributed by atoms with Crippen molar-refractivity contribution in [2.24, 2.45) is 5.41 Å². The minimum atomic E-state index is -0.292. The van der Waals surface area contributed by atoms with Gasteiger partial charge in [-0.15, -0.1) is 0 Å². The van der Waals surface area contributed by atoms with Gasteiger partial charge in [-0.25, -0.2) is 4.39 Å². The Bertz CT molecular complexity index is 685. The normalized spacial score (nSPS) is 26.1. The molecule has 0 bridgehead atoms. The van der Waals surface area contributed by atoms with E-state index < -0.39 is 0 Å². The molecule has 3 heterocycles. The third kappa shape index (κ3) is 4.47. The fourth-order valence-corrected chi connectivity index (χ4v) is 5.01. The molecule has 27 heavy (non-hydrogen) atoms. The van der Waals surface area contributed by atoms with E-state index >= 15 is 0 Å². The van der Waals surface area contributed by atoms with Crippen LogP contribution >= 0.6 is 11.6 Å². The van der Waals surface area contributed by atoms with Crippen molar-refractivity contribution < 1.29 is 13.9 Å². The average Bonchev–Trinajstić information content (AvgIpc) is 3.16. The van der Waals surface area contributed by atoms with E-state index in [0.717, 1.165) is 77.0 Å². The lowest BCUT2D eigenvalue weighted by molar-refractivity contribution is -0.141. The number of benzene rings is 1. The van der Waals surface area contributed by atoms with Crippen LogP contribution in [0.2, 0.25) is 5.02 Å². The lowest BCUT2D eigenvalue weighted by Gasteiger charge is -2.48. The minimum absolute atomic E-state index is 0.227. The number of likely N-dealkylation sites (tertiary alicyclic amines) is 2. The molecule has 6 heteroatoms. The van der Waals surface area contributed by atoms with Crippen molar-refractivity contribution in [3.8, 4) is 0 Å². The van der Waals surface area contributed by atoms with E-state index in [1.165, 1.54) is 12.1 Å². The van der Waals surface area contributed by atoms with Gasteiger partial charge in [0.2, 0.25) is 5.91 Å². The molecule has 1 amide bonds. The molecule has 1 unspecified atom stereocenters. The molecule has 3 fully saturated rings. The predicted octanol–water partition coefficient (Wildman–Crippen LogP) is 3.86. The summed E-state index contributed by atoms with van der Waals surface area (Å²) in [5.41, 5.74) is 1.23. The first-order chi connectivity index (χ1) is 13.0. The van der Waals surface area contributed by atoms with Crippen LogP contribution in [0, 0.1) is 11.2 Å². The Morgan fingerprint density at radius 1 is 1.26 bits per heavy atom. The van der Waals surface area contributed by atoms with Crippen LogP contribution in [0.3, 0.4) is 0 Å². The zero-order chi connectivity index (χ0) is 18.9. The summed E-state index contributed by atoms with van der Waals surface area (Å²) in [5.74, 6) is -0.00352. The smallest absolute Gasteiger partial charge is 0.222 e. The van der Waals surface area contributed by atoms with E-state index in [4.69, 9.17) is 16.3 Å². The highest BCUT2D eigenvalue weighted by Gasteiger charge is 2.41. The summed E-state index contributed by atoms with van der Waals surface area (Å²) in [7, 11) is 0. The number of hydrogen-bond donors (Lipinski definition) is 0. The maximum Gasteiger partial charge on any atom is 0.222 e. The second kappa shape index (κ2) is 8.06. The third-order valence-corrected chi connectivity index (χ3v) is 6.87. The number of amides is 1. The van der Waals surface area contributed by atoms with Gasteiger partial charge in [-0.2, -0.15) is 0 Å². The molecule has 3 aliphatic rings. The number of carbonyl (C=O) groups excluding carboxylic acids is 1. The fraction of sp³-hybridized carbons (Fsp3) is 0.667. The van der Waals surface area contributed by atoms with Crippen molar-refractivity contribution in [2.75, 3.05) is 32.8 Å². The average molecular weight is 395 g/mol. The van der Waals surface area contributed by atoms with Gasteiger partial charge in [-0.1, -0.05) is 17.7 Å². The number of rotatable bonds is 4. The maximum absolute atomic E-state index is 13.2. The van der Waals surface area contributed by atoms with E-state index in [1.807, 2.05) is 0 Å². The van der Waals surface area contributed by atoms with E-state index in [2.05, 4.69) is 9.80 Å². The Kier molecular flexibility index (Phi) is 5.72. The Balaban J connectivity index is 1.33. The Morgan fingerprint density at radius 3 is 2.78 bits per heavy atom. The number of halogens is 2. The van der Waals surface area contributed by atoms with E-state index in [1.54, 1.807) is 6.07 Å². The van der Waals surface area contributed by atoms with Crippen molar-refractivity contribution in [3.05, 3.63) is 34.6 Å². The lowest BCUT2D eigenvalue weighted by atomic mass is 9.72. The van der Waals surface area contributed by atoms with Crippen LogP contribution in [0.15, 0.2) is 18.2 Å². The molecule has 4 nitrogen and oxygen atoms in total. The van der Waals surface area contributed by atoms with Gasteiger partial charge in [-0.3, -0.25) is 9.69 Å². The Labute approximate surface area is 165 Å². The van der Waals surface area contributed by atoms with Gasteiger partial charge < -0.3 is 9.64 Å². The molecule has 1 spiro atoms. The van der Waals surface area contributed by atoms with Gasteiger partial charge in [-0.05, 0) is 68.3 Å². The predicted molar refractivity (Wildman–Crippen MR) is 103 cm³/mol. The SMILES string of the molecule is O=C1CCC2(CCN(Cc3ccc(F)cc3Cl)CC2)CN1CC1CCCO1. The molecule has 0 N–H and O–H groups in total. The number of hydrogen-bond acceptors (Lipinski definition) is 3. The molecule has 148 valence electrons. The molecule has 0 aromatic heterocycles. The molecule has 0 saturated carbocycles. The largest absolute Gasteiger partial charge is 0.376 e. The summed E-state index contributed by atoms with van der Waals surface area (Å²) < 4.78 is 19.0. The molecular weight excluding hydrogens is 367 g/mol. The van der Waals surface area contributed by atoms with Crippen molar-refractivity contribution in [2.45, 2.75) is 51.2 Å². The fourth-order valence-electron chi connectivity index (χ4n) is 4.79. The molecule has 1 aromatic carbocycles. The van der Waals surface area contributed by atoms with Gasteiger partial charge in [0.1, 0.15) is 5.82 Å². The molecule has 1 aromatic rings. The quantitative estimate of drug-likeness (QED) is 0.777. The summed E-state index contributed by atoms with van der Waals surface area (Å²) in [6, 6.07) is 4.64.